The van der Waals surface area contributed by atoms with Gasteiger partial charge in [0, 0.05) is 31.7 Å². The molecule has 3 aromatic rings. The van der Waals surface area contributed by atoms with E-state index in [1.807, 2.05) is 0 Å². The van der Waals surface area contributed by atoms with Crippen LogP contribution in [0.4, 0.5) is 5.69 Å². The van der Waals surface area contributed by atoms with E-state index in [9.17, 15) is 9.59 Å². The fraction of sp³-hybridized carbons (Fsp3) is 0.250. The van der Waals surface area contributed by atoms with Gasteiger partial charge < -0.3 is 19.8 Å². The molecule has 2 amide bonds. The monoisotopic (exact) mass is 487 g/mol. The summed E-state index contributed by atoms with van der Waals surface area (Å²) >= 11 is 12.0. The number of carbonyl (C=O) groups is 2. The zero-order valence-corrected chi connectivity index (χ0v) is 19.3. The first-order chi connectivity index (χ1) is 16.0. The number of nitrogens with one attached hydrogen (secondary N) is 2. The van der Waals surface area contributed by atoms with Crippen LogP contribution in [0.2, 0.25) is 10.0 Å². The fourth-order valence-electron chi connectivity index (χ4n) is 3.49. The second-order valence-electron chi connectivity index (χ2n) is 7.50. The molecule has 1 fully saturated rings. The molecule has 9 heteroatoms. The molecule has 1 aliphatic rings. The van der Waals surface area contributed by atoms with Crippen LogP contribution in [0.1, 0.15) is 20.9 Å². The second kappa shape index (κ2) is 10.9. The molecule has 1 saturated heterocycles. The van der Waals surface area contributed by atoms with Crippen molar-refractivity contribution in [1.82, 2.24) is 10.2 Å². The van der Waals surface area contributed by atoms with E-state index in [2.05, 4.69) is 15.5 Å². The summed E-state index contributed by atoms with van der Waals surface area (Å²) in [7, 11) is 0. The van der Waals surface area contributed by atoms with Crippen molar-refractivity contribution in [2.24, 2.45) is 0 Å². The highest BCUT2D eigenvalue weighted by atomic mass is 35.5. The standard InChI is InChI=1S/C24H23Cl2N3O4/c25-18-6-5-16(15-19(18)26)21-7-8-22(33-21)24(31)28-20-4-2-1-3-17(20)23(30)27-9-10-29-11-13-32-14-12-29/h1-8,15H,9-14H2,(H,27,30)(H,28,31). The number of carbonyl (C=O) groups excluding carboxylic acids is 2. The van der Waals surface area contributed by atoms with Gasteiger partial charge >= 0.3 is 0 Å². The van der Waals surface area contributed by atoms with Crippen molar-refractivity contribution in [3.05, 3.63) is 76.0 Å². The fourth-order valence-corrected chi connectivity index (χ4v) is 3.78. The van der Waals surface area contributed by atoms with Gasteiger partial charge in [-0.2, -0.15) is 0 Å². The Hall–Kier alpha value is -2.84. The molecular weight excluding hydrogens is 465 g/mol. The summed E-state index contributed by atoms with van der Waals surface area (Å²) in [4.78, 5) is 27.7. The quantitative estimate of drug-likeness (QED) is 0.509. The van der Waals surface area contributed by atoms with Gasteiger partial charge in [0.05, 0.1) is 34.5 Å². The number of benzene rings is 2. The summed E-state index contributed by atoms with van der Waals surface area (Å²) in [5, 5.41) is 6.51. The molecule has 33 heavy (non-hydrogen) atoms. The Morgan fingerprint density at radius 1 is 0.939 bits per heavy atom. The Balaban J connectivity index is 1.40. The van der Waals surface area contributed by atoms with Crippen LogP contribution in [0.3, 0.4) is 0 Å². The van der Waals surface area contributed by atoms with Gasteiger partial charge in [0.1, 0.15) is 5.76 Å². The van der Waals surface area contributed by atoms with Crippen molar-refractivity contribution >= 4 is 40.7 Å². The van der Waals surface area contributed by atoms with Gasteiger partial charge in [0.25, 0.3) is 11.8 Å². The van der Waals surface area contributed by atoms with Gasteiger partial charge in [-0.1, -0.05) is 35.3 Å². The van der Waals surface area contributed by atoms with Crippen LogP contribution < -0.4 is 10.6 Å². The predicted molar refractivity (Wildman–Crippen MR) is 128 cm³/mol. The molecule has 1 aromatic heterocycles. The van der Waals surface area contributed by atoms with Crippen molar-refractivity contribution < 1.29 is 18.7 Å². The third kappa shape index (κ3) is 5.94. The van der Waals surface area contributed by atoms with Gasteiger partial charge in [-0.3, -0.25) is 14.5 Å². The highest BCUT2D eigenvalue weighted by Gasteiger charge is 2.18. The van der Waals surface area contributed by atoms with Crippen LogP contribution in [0.25, 0.3) is 11.3 Å². The lowest BCUT2D eigenvalue weighted by Gasteiger charge is -2.26. The van der Waals surface area contributed by atoms with E-state index in [-0.39, 0.29) is 11.7 Å². The number of hydrogen-bond acceptors (Lipinski definition) is 5. The first-order valence-corrected chi connectivity index (χ1v) is 11.3. The second-order valence-corrected chi connectivity index (χ2v) is 8.32. The lowest BCUT2D eigenvalue weighted by atomic mass is 10.1. The molecular formula is C24H23Cl2N3O4. The number of morpholine rings is 1. The Morgan fingerprint density at radius 3 is 2.52 bits per heavy atom. The largest absolute Gasteiger partial charge is 0.451 e. The summed E-state index contributed by atoms with van der Waals surface area (Å²) in [5.41, 5.74) is 1.48. The summed E-state index contributed by atoms with van der Waals surface area (Å²) in [5.74, 6) is -0.128. The van der Waals surface area contributed by atoms with Gasteiger partial charge in [0.15, 0.2) is 5.76 Å². The number of rotatable bonds is 7. The number of para-hydroxylation sites is 1. The lowest BCUT2D eigenvalue weighted by Crippen LogP contribution is -2.41. The van der Waals surface area contributed by atoms with Crippen molar-refractivity contribution in [2.75, 3.05) is 44.7 Å². The van der Waals surface area contributed by atoms with Gasteiger partial charge in [-0.05, 0) is 42.5 Å². The molecule has 0 radical (unpaired) electrons. The first kappa shape index (κ1) is 23.3. The van der Waals surface area contributed by atoms with Crippen molar-refractivity contribution in [3.63, 3.8) is 0 Å². The minimum absolute atomic E-state index is 0.110. The Labute approximate surface area is 201 Å². The van der Waals surface area contributed by atoms with Crippen LogP contribution >= 0.6 is 23.2 Å². The van der Waals surface area contributed by atoms with Crippen LogP contribution in [-0.2, 0) is 4.74 Å². The molecule has 172 valence electrons. The number of amides is 2. The van der Waals surface area contributed by atoms with Crippen LogP contribution in [0.15, 0.2) is 59.0 Å². The summed E-state index contributed by atoms with van der Waals surface area (Å²) in [6.45, 7) is 4.39. The average molecular weight is 488 g/mol. The summed E-state index contributed by atoms with van der Waals surface area (Å²) < 4.78 is 11.0. The molecule has 2 heterocycles. The highest BCUT2D eigenvalue weighted by Crippen LogP contribution is 2.30. The average Bonchev–Trinajstić information content (AvgIpc) is 3.32. The first-order valence-electron chi connectivity index (χ1n) is 10.6. The molecule has 0 aliphatic carbocycles. The van der Waals surface area contributed by atoms with Crippen molar-refractivity contribution in [3.8, 4) is 11.3 Å². The maximum Gasteiger partial charge on any atom is 0.291 e. The zero-order chi connectivity index (χ0) is 23.2. The zero-order valence-electron chi connectivity index (χ0n) is 17.8. The molecule has 4 rings (SSSR count). The maximum absolute atomic E-state index is 12.8. The number of anilines is 1. The number of halogens is 2. The lowest BCUT2D eigenvalue weighted by molar-refractivity contribution is 0.0383. The number of nitrogens with zero attached hydrogens (tertiary/aromatic N) is 1. The molecule has 0 saturated carbocycles. The molecule has 2 N–H and O–H groups in total. The van der Waals surface area contributed by atoms with E-state index in [1.165, 1.54) is 0 Å². The third-order valence-corrected chi connectivity index (χ3v) is 6.01. The molecule has 1 aliphatic heterocycles. The Bertz CT molecular complexity index is 1140. The van der Waals surface area contributed by atoms with E-state index in [0.29, 0.717) is 52.4 Å². The summed E-state index contributed by atoms with van der Waals surface area (Å²) in [6.07, 6.45) is 0. The van der Waals surface area contributed by atoms with Crippen LogP contribution in [-0.4, -0.2) is 56.1 Å². The molecule has 0 atom stereocenters. The highest BCUT2D eigenvalue weighted by molar-refractivity contribution is 6.42. The molecule has 7 nitrogen and oxygen atoms in total. The minimum atomic E-state index is -0.463. The number of hydrogen-bond donors (Lipinski definition) is 2. The van der Waals surface area contributed by atoms with Gasteiger partial charge in [-0.25, -0.2) is 0 Å². The third-order valence-electron chi connectivity index (χ3n) is 5.27. The Kier molecular flexibility index (Phi) is 7.67. The van der Waals surface area contributed by atoms with Gasteiger partial charge in [0.2, 0.25) is 0 Å². The Morgan fingerprint density at radius 2 is 1.73 bits per heavy atom. The van der Waals surface area contributed by atoms with E-state index in [0.717, 1.165) is 19.6 Å². The van der Waals surface area contributed by atoms with Crippen LogP contribution in [0, 0.1) is 0 Å². The number of furan rings is 1. The smallest absolute Gasteiger partial charge is 0.291 e. The van der Waals surface area contributed by atoms with E-state index >= 15 is 0 Å². The van der Waals surface area contributed by atoms with Crippen molar-refractivity contribution in [2.45, 2.75) is 0 Å². The summed E-state index contributed by atoms with van der Waals surface area (Å²) in [6, 6.07) is 15.2. The molecule has 0 spiro atoms. The molecule has 2 aromatic carbocycles. The molecule has 0 bridgehead atoms. The maximum atomic E-state index is 12.8. The minimum Gasteiger partial charge on any atom is -0.451 e. The predicted octanol–water partition coefficient (Wildman–Crippen LogP) is 4.57. The van der Waals surface area contributed by atoms with Gasteiger partial charge in [-0.15, -0.1) is 0 Å². The molecule has 0 unspecified atom stereocenters. The normalized spacial score (nSPS) is 14.1. The van der Waals surface area contributed by atoms with E-state index < -0.39 is 5.91 Å². The topological polar surface area (TPSA) is 83.8 Å². The van der Waals surface area contributed by atoms with E-state index in [1.54, 1.807) is 54.6 Å². The number of ether oxygens (including phenoxy) is 1. The SMILES string of the molecule is O=C(Nc1ccccc1C(=O)NCCN1CCOCC1)c1ccc(-c2ccc(Cl)c(Cl)c2)o1. The van der Waals surface area contributed by atoms with Crippen molar-refractivity contribution in [1.29, 1.82) is 0 Å². The van der Waals surface area contributed by atoms with E-state index in [4.69, 9.17) is 32.4 Å². The van der Waals surface area contributed by atoms with Crippen LogP contribution in [0.5, 0.6) is 0 Å².